The van der Waals surface area contributed by atoms with Crippen molar-refractivity contribution in [2.75, 3.05) is 18.5 Å². The molecule has 34 heavy (non-hydrogen) atoms. The van der Waals surface area contributed by atoms with Gasteiger partial charge >= 0.3 is 12.0 Å². The molecule has 0 fully saturated rings. The molecule has 1 atom stereocenters. The van der Waals surface area contributed by atoms with E-state index in [0.29, 0.717) is 21.2 Å². The summed E-state index contributed by atoms with van der Waals surface area (Å²) in [6, 6.07) is 11.7. The summed E-state index contributed by atoms with van der Waals surface area (Å²) < 4.78 is 11.3. The van der Waals surface area contributed by atoms with Gasteiger partial charge in [-0.2, -0.15) is 0 Å². The normalized spacial score (nSPS) is 11.8. The van der Waals surface area contributed by atoms with Crippen molar-refractivity contribution in [3.8, 4) is 17.5 Å². The Labute approximate surface area is 206 Å². The van der Waals surface area contributed by atoms with Crippen LogP contribution in [0, 0.1) is 5.92 Å². The van der Waals surface area contributed by atoms with Crippen LogP contribution in [0.5, 0.6) is 6.08 Å². The van der Waals surface area contributed by atoms with Crippen LogP contribution in [0.4, 0.5) is 5.69 Å². The average Bonchev–Trinajstić information content (AvgIpc) is 3.25. The Morgan fingerprint density at radius 3 is 2.50 bits per heavy atom. The third-order valence-corrected chi connectivity index (χ3v) is 5.43. The Bertz CT molecular complexity index is 1130. The number of aromatic nitrogens is 2. The van der Waals surface area contributed by atoms with Crippen LogP contribution in [0.1, 0.15) is 30.6 Å². The van der Waals surface area contributed by atoms with Crippen LogP contribution in [-0.4, -0.2) is 46.4 Å². The molecule has 0 aliphatic carbocycles. The summed E-state index contributed by atoms with van der Waals surface area (Å²) in [6.45, 7) is 4.41. The summed E-state index contributed by atoms with van der Waals surface area (Å²) in [5, 5.41) is 23.4. The molecule has 0 spiro atoms. The highest BCUT2D eigenvalue weighted by Crippen LogP contribution is 2.30. The van der Waals surface area contributed by atoms with E-state index in [-0.39, 0.29) is 49.4 Å². The van der Waals surface area contributed by atoms with E-state index in [1.54, 1.807) is 42.5 Å². The minimum Gasteiger partial charge on any atom is -0.481 e. The van der Waals surface area contributed by atoms with Crippen LogP contribution in [-0.2, 0) is 4.79 Å². The fraction of sp³-hybridized carbons (Fsp3) is 0.304. The molecule has 3 aromatic rings. The van der Waals surface area contributed by atoms with E-state index in [1.165, 1.54) is 0 Å². The fourth-order valence-electron chi connectivity index (χ4n) is 2.92. The van der Waals surface area contributed by atoms with Crippen LogP contribution in [0.15, 0.2) is 46.9 Å². The molecule has 1 heterocycles. The number of amides is 1. The maximum absolute atomic E-state index is 12.1. The number of ether oxygens (including phenoxy) is 1. The standard InChI is InChI=1S/C23H24Cl2N4O5/c1-13(2)19(27-16-6-3-14(4-7-16)21(32)26-10-9-20(30)31)12-33-23-29-28-22(34-23)17-8-5-15(24)11-18(17)25/h3-8,11,13,19,27H,9-10,12H2,1-2H3,(H,26,32)(H,30,31). The lowest BCUT2D eigenvalue weighted by atomic mass is 10.0. The maximum Gasteiger partial charge on any atom is 0.414 e. The number of anilines is 1. The van der Waals surface area contributed by atoms with Crippen molar-refractivity contribution in [2.45, 2.75) is 26.3 Å². The van der Waals surface area contributed by atoms with E-state index in [9.17, 15) is 9.59 Å². The molecule has 11 heteroatoms. The molecule has 0 aliphatic rings. The molecule has 0 saturated heterocycles. The second-order valence-corrected chi connectivity index (χ2v) is 8.62. The largest absolute Gasteiger partial charge is 0.481 e. The molecule has 0 radical (unpaired) electrons. The average molecular weight is 507 g/mol. The molecular formula is C23H24Cl2N4O5. The van der Waals surface area contributed by atoms with E-state index in [4.69, 9.17) is 37.5 Å². The first kappa shape index (κ1) is 25.3. The lowest BCUT2D eigenvalue weighted by Gasteiger charge is -2.23. The van der Waals surface area contributed by atoms with Crippen LogP contribution in [0.25, 0.3) is 11.5 Å². The number of carbonyl (C=O) groups is 2. The first-order valence-corrected chi connectivity index (χ1v) is 11.3. The van der Waals surface area contributed by atoms with Gasteiger partial charge in [0.15, 0.2) is 0 Å². The van der Waals surface area contributed by atoms with Crippen LogP contribution in [0.3, 0.4) is 0 Å². The van der Waals surface area contributed by atoms with E-state index < -0.39 is 5.97 Å². The Balaban J connectivity index is 1.57. The maximum atomic E-state index is 12.1. The zero-order chi connectivity index (χ0) is 24.7. The zero-order valence-electron chi connectivity index (χ0n) is 18.5. The Morgan fingerprint density at radius 2 is 1.85 bits per heavy atom. The predicted molar refractivity (Wildman–Crippen MR) is 129 cm³/mol. The van der Waals surface area contributed by atoms with E-state index in [2.05, 4.69) is 20.8 Å². The molecule has 0 bridgehead atoms. The van der Waals surface area contributed by atoms with Gasteiger partial charge < -0.3 is 24.9 Å². The molecule has 180 valence electrons. The number of carbonyl (C=O) groups excluding carboxylic acids is 1. The number of halogens is 2. The number of aliphatic carboxylic acids is 1. The van der Waals surface area contributed by atoms with Crippen molar-refractivity contribution < 1.29 is 23.8 Å². The number of hydrogen-bond acceptors (Lipinski definition) is 7. The summed E-state index contributed by atoms with van der Waals surface area (Å²) in [6.07, 6.45) is -0.114. The molecule has 1 unspecified atom stereocenters. The van der Waals surface area contributed by atoms with Gasteiger partial charge in [0, 0.05) is 22.8 Å². The predicted octanol–water partition coefficient (Wildman–Crippen LogP) is 4.76. The smallest absolute Gasteiger partial charge is 0.414 e. The lowest BCUT2D eigenvalue weighted by molar-refractivity contribution is -0.136. The monoisotopic (exact) mass is 506 g/mol. The van der Waals surface area contributed by atoms with Gasteiger partial charge in [0.2, 0.25) is 0 Å². The quantitative estimate of drug-likeness (QED) is 0.339. The van der Waals surface area contributed by atoms with Crippen molar-refractivity contribution in [3.05, 3.63) is 58.1 Å². The van der Waals surface area contributed by atoms with Gasteiger partial charge in [-0.15, -0.1) is 5.10 Å². The summed E-state index contributed by atoms with van der Waals surface area (Å²) in [5.41, 5.74) is 1.79. The summed E-state index contributed by atoms with van der Waals surface area (Å²) in [7, 11) is 0. The number of carboxylic acids is 1. The van der Waals surface area contributed by atoms with Crippen molar-refractivity contribution in [1.29, 1.82) is 0 Å². The Hall–Kier alpha value is -3.30. The van der Waals surface area contributed by atoms with Crippen molar-refractivity contribution in [3.63, 3.8) is 0 Å². The van der Waals surface area contributed by atoms with Gasteiger partial charge in [0.25, 0.3) is 11.8 Å². The second kappa shape index (κ2) is 11.7. The fourth-order valence-corrected chi connectivity index (χ4v) is 3.41. The number of nitrogens with zero attached hydrogens (tertiary/aromatic N) is 2. The first-order valence-electron chi connectivity index (χ1n) is 10.5. The molecule has 3 N–H and O–H groups in total. The SMILES string of the molecule is CC(C)C(COc1nnc(-c2ccc(Cl)cc2Cl)o1)Nc1ccc(C(=O)NCCC(=O)O)cc1. The third kappa shape index (κ3) is 7.10. The minimum absolute atomic E-state index is 0.0156. The highest BCUT2D eigenvalue weighted by Gasteiger charge is 2.18. The van der Waals surface area contributed by atoms with Crippen LogP contribution < -0.4 is 15.4 Å². The number of hydrogen-bond donors (Lipinski definition) is 3. The molecule has 3 rings (SSSR count). The first-order chi connectivity index (χ1) is 16.2. The molecule has 1 amide bonds. The van der Waals surface area contributed by atoms with E-state index in [1.807, 2.05) is 13.8 Å². The van der Waals surface area contributed by atoms with E-state index >= 15 is 0 Å². The van der Waals surface area contributed by atoms with Crippen molar-refractivity contribution in [1.82, 2.24) is 15.5 Å². The zero-order valence-corrected chi connectivity index (χ0v) is 20.1. The van der Waals surface area contributed by atoms with Crippen LogP contribution in [0.2, 0.25) is 10.0 Å². The molecule has 1 aromatic heterocycles. The number of rotatable bonds is 11. The molecule has 0 saturated carbocycles. The lowest BCUT2D eigenvalue weighted by Crippen LogP contribution is -2.32. The van der Waals surface area contributed by atoms with Gasteiger partial charge in [0.05, 0.1) is 23.0 Å². The van der Waals surface area contributed by atoms with Crippen molar-refractivity contribution in [2.24, 2.45) is 5.92 Å². The third-order valence-electron chi connectivity index (χ3n) is 4.88. The Kier molecular flexibility index (Phi) is 8.72. The molecular weight excluding hydrogens is 483 g/mol. The topological polar surface area (TPSA) is 127 Å². The minimum atomic E-state index is -0.965. The van der Waals surface area contributed by atoms with Gasteiger partial charge in [-0.05, 0) is 48.4 Å². The molecule has 0 aliphatic heterocycles. The highest BCUT2D eigenvalue weighted by molar-refractivity contribution is 6.36. The van der Waals surface area contributed by atoms with Gasteiger partial charge in [-0.25, -0.2) is 0 Å². The van der Waals surface area contributed by atoms with Gasteiger partial charge in [-0.1, -0.05) is 42.1 Å². The highest BCUT2D eigenvalue weighted by atomic mass is 35.5. The summed E-state index contributed by atoms with van der Waals surface area (Å²) in [5.74, 6) is -0.869. The Morgan fingerprint density at radius 1 is 1.12 bits per heavy atom. The summed E-state index contributed by atoms with van der Waals surface area (Å²) in [4.78, 5) is 22.6. The number of benzene rings is 2. The van der Waals surface area contributed by atoms with Crippen molar-refractivity contribution >= 4 is 40.8 Å². The van der Waals surface area contributed by atoms with Crippen LogP contribution >= 0.6 is 23.2 Å². The summed E-state index contributed by atoms with van der Waals surface area (Å²) >= 11 is 12.1. The number of carboxylic acid groups (broad SMARTS) is 1. The molecule has 2 aromatic carbocycles. The molecule has 9 nitrogen and oxygen atoms in total. The van der Waals surface area contributed by atoms with Gasteiger partial charge in [0.1, 0.15) is 6.61 Å². The van der Waals surface area contributed by atoms with Gasteiger partial charge in [-0.3, -0.25) is 9.59 Å². The van der Waals surface area contributed by atoms with E-state index in [0.717, 1.165) is 5.69 Å². The second-order valence-electron chi connectivity index (χ2n) is 7.78. The number of nitrogens with one attached hydrogen (secondary N) is 2.